The number of amides is 1. The van der Waals surface area contributed by atoms with Gasteiger partial charge in [-0.25, -0.2) is 13.2 Å². The van der Waals surface area contributed by atoms with Gasteiger partial charge in [0.05, 0.1) is 19.9 Å². The predicted octanol–water partition coefficient (Wildman–Crippen LogP) is 3.59. The van der Waals surface area contributed by atoms with E-state index in [9.17, 15) is 18.0 Å². The van der Waals surface area contributed by atoms with E-state index in [0.29, 0.717) is 5.69 Å². The van der Waals surface area contributed by atoms with Crippen molar-refractivity contribution in [1.82, 2.24) is 0 Å². The quantitative estimate of drug-likeness (QED) is 0.511. The summed E-state index contributed by atoms with van der Waals surface area (Å²) in [5.41, 5.74) is 0.303. The van der Waals surface area contributed by atoms with Crippen molar-refractivity contribution in [3.63, 3.8) is 0 Å². The van der Waals surface area contributed by atoms with Gasteiger partial charge in [-0.2, -0.15) is 0 Å². The Labute approximate surface area is 187 Å². The molecule has 0 aromatic heterocycles. The van der Waals surface area contributed by atoms with Crippen molar-refractivity contribution < 1.29 is 32.6 Å². The Bertz CT molecular complexity index is 1150. The molecular formula is C22H26N2O7S. The van der Waals surface area contributed by atoms with E-state index in [1.54, 1.807) is 32.9 Å². The number of aliphatic carboxylic acids is 1. The summed E-state index contributed by atoms with van der Waals surface area (Å²) in [5.74, 6) is -1.32. The molecule has 2 aromatic rings. The lowest BCUT2D eigenvalue weighted by atomic mass is 9.95. The summed E-state index contributed by atoms with van der Waals surface area (Å²) in [6.45, 7) is 5.29. The van der Waals surface area contributed by atoms with Crippen LogP contribution in [0.15, 0.2) is 47.4 Å². The Hall–Kier alpha value is -3.53. The SMILES string of the molecule is COc1cc(/C=C\C(=O)O)cc(S(=O)(=O)Nc2cccc(NC(=O)C(C)(C)C)c2)c1OC. The molecular weight excluding hydrogens is 436 g/mol. The maximum atomic E-state index is 13.2. The molecule has 1 amide bonds. The minimum atomic E-state index is -4.17. The Morgan fingerprint density at radius 3 is 2.25 bits per heavy atom. The number of carboxylic acid groups (broad SMARTS) is 1. The number of ether oxygens (including phenoxy) is 2. The smallest absolute Gasteiger partial charge is 0.328 e. The fourth-order valence-electron chi connectivity index (χ4n) is 2.60. The van der Waals surface area contributed by atoms with Crippen LogP contribution in [-0.4, -0.2) is 39.6 Å². The molecule has 172 valence electrons. The van der Waals surface area contributed by atoms with Crippen molar-refractivity contribution in [3.05, 3.63) is 48.0 Å². The molecule has 3 N–H and O–H groups in total. The third-order valence-electron chi connectivity index (χ3n) is 4.23. The van der Waals surface area contributed by atoms with E-state index < -0.39 is 21.4 Å². The predicted molar refractivity (Wildman–Crippen MR) is 122 cm³/mol. The summed E-state index contributed by atoms with van der Waals surface area (Å²) in [6, 6.07) is 8.98. The lowest BCUT2D eigenvalue weighted by molar-refractivity contribution is -0.131. The van der Waals surface area contributed by atoms with Gasteiger partial charge in [-0.15, -0.1) is 0 Å². The fourth-order valence-corrected chi connectivity index (χ4v) is 3.87. The number of carboxylic acids is 1. The van der Waals surface area contributed by atoms with E-state index in [1.807, 2.05) is 0 Å². The van der Waals surface area contributed by atoms with Gasteiger partial charge in [0.2, 0.25) is 5.91 Å². The van der Waals surface area contributed by atoms with E-state index in [2.05, 4.69) is 10.0 Å². The average Bonchev–Trinajstić information content (AvgIpc) is 2.70. The van der Waals surface area contributed by atoms with Gasteiger partial charge in [-0.1, -0.05) is 26.8 Å². The van der Waals surface area contributed by atoms with Gasteiger partial charge < -0.3 is 19.9 Å². The van der Waals surface area contributed by atoms with Crippen LogP contribution in [0.4, 0.5) is 11.4 Å². The number of rotatable bonds is 8. The van der Waals surface area contributed by atoms with E-state index in [4.69, 9.17) is 14.6 Å². The number of carbonyl (C=O) groups is 2. The molecule has 0 saturated heterocycles. The monoisotopic (exact) mass is 462 g/mol. The molecule has 32 heavy (non-hydrogen) atoms. The molecule has 9 nitrogen and oxygen atoms in total. The summed E-state index contributed by atoms with van der Waals surface area (Å²) in [7, 11) is -1.53. The lowest BCUT2D eigenvalue weighted by Crippen LogP contribution is -2.27. The Morgan fingerprint density at radius 2 is 1.69 bits per heavy atom. The van der Waals surface area contributed by atoms with Gasteiger partial charge >= 0.3 is 5.97 Å². The first-order valence-electron chi connectivity index (χ1n) is 9.48. The number of carbonyl (C=O) groups excluding carboxylic acids is 1. The van der Waals surface area contributed by atoms with Gasteiger partial charge in [0.1, 0.15) is 4.90 Å². The van der Waals surface area contributed by atoms with Gasteiger partial charge in [0.25, 0.3) is 10.0 Å². The third kappa shape index (κ3) is 6.24. The van der Waals surface area contributed by atoms with Crippen molar-refractivity contribution in [2.45, 2.75) is 25.7 Å². The maximum absolute atomic E-state index is 13.2. The van der Waals surface area contributed by atoms with Crippen LogP contribution in [0.25, 0.3) is 6.08 Å². The molecule has 0 aliphatic rings. The Morgan fingerprint density at radius 1 is 1.03 bits per heavy atom. The zero-order chi connectivity index (χ0) is 24.1. The van der Waals surface area contributed by atoms with Crippen LogP contribution < -0.4 is 19.5 Å². The summed E-state index contributed by atoms with van der Waals surface area (Å²) >= 11 is 0. The minimum absolute atomic E-state index is 0.0373. The molecule has 0 heterocycles. The summed E-state index contributed by atoms with van der Waals surface area (Å²) in [5, 5.41) is 11.6. The molecule has 0 aliphatic heterocycles. The highest BCUT2D eigenvalue weighted by Gasteiger charge is 2.25. The van der Waals surface area contributed by atoms with E-state index in [1.165, 1.54) is 44.6 Å². The van der Waals surface area contributed by atoms with Crippen LogP contribution in [0.3, 0.4) is 0 Å². The number of hydrogen-bond acceptors (Lipinski definition) is 6. The van der Waals surface area contributed by atoms with Crippen LogP contribution in [0.2, 0.25) is 0 Å². The normalized spacial score (nSPS) is 11.8. The van der Waals surface area contributed by atoms with E-state index >= 15 is 0 Å². The van der Waals surface area contributed by atoms with Gasteiger partial charge in [0, 0.05) is 17.2 Å². The summed E-state index contributed by atoms with van der Waals surface area (Å²) < 4.78 is 39.2. The number of sulfonamides is 1. The molecule has 0 atom stereocenters. The van der Waals surface area contributed by atoms with Crippen LogP contribution in [0.5, 0.6) is 11.5 Å². The molecule has 2 rings (SSSR count). The number of benzene rings is 2. The first-order valence-corrected chi connectivity index (χ1v) is 11.0. The van der Waals surface area contributed by atoms with Crippen LogP contribution >= 0.6 is 0 Å². The van der Waals surface area contributed by atoms with E-state index in [0.717, 1.165) is 6.08 Å². The van der Waals surface area contributed by atoms with Crippen molar-refractivity contribution in [3.8, 4) is 11.5 Å². The number of anilines is 2. The minimum Gasteiger partial charge on any atom is -0.493 e. The molecule has 0 bridgehead atoms. The van der Waals surface area contributed by atoms with Crippen molar-refractivity contribution in [2.24, 2.45) is 5.41 Å². The molecule has 0 unspecified atom stereocenters. The molecule has 10 heteroatoms. The Kier molecular flexibility index (Phi) is 7.52. The van der Waals surface area contributed by atoms with E-state index in [-0.39, 0.29) is 33.6 Å². The fraction of sp³-hybridized carbons (Fsp3) is 0.273. The second-order valence-electron chi connectivity index (χ2n) is 7.82. The molecule has 0 fully saturated rings. The first-order chi connectivity index (χ1) is 14.9. The lowest BCUT2D eigenvalue weighted by Gasteiger charge is -2.18. The average molecular weight is 463 g/mol. The highest BCUT2D eigenvalue weighted by atomic mass is 32.2. The largest absolute Gasteiger partial charge is 0.493 e. The highest BCUT2D eigenvalue weighted by molar-refractivity contribution is 7.92. The second-order valence-corrected chi connectivity index (χ2v) is 9.47. The number of methoxy groups -OCH3 is 2. The molecule has 0 saturated carbocycles. The summed E-state index contributed by atoms with van der Waals surface area (Å²) in [4.78, 5) is 22.8. The van der Waals surface area contributed by atoms with Crippen molar-refractivity contribution in [1.29, 1.82) is 0 Å². The van der Waals surface area contributed by atoms with Crippen LogP contribution in [-0.2, 0) is 19.6 Å². The van der Waals surface area contributed by atoms with Gasteiger partial charge in [-0.3, -0.25) is 9.52 Å². The molecule has 2 aromatic carbocycles. The third-order valence-corrected chi connectivity index (χ3v) is 5.62. The van der Waals surface area contributed by atoms with Gasteiger partial charge in [-0.05, 0) is 42.0 Å². The number of nitrogens with one attached hydrogen (secondary N) is 2. The topological polar surface area (TPSA) is 131 Å². The standard InChI is InChI=1S/C22H26N2O7S/c1-22(2,3)21(27)23-15-7-6-8-16(13-15)24-32(28,29)18-12-14(9-10-19(25)26)11-17(30-4)20(18)31-5/h6-13,24H,1-5H3,(H,23,27)(H,25,26)/b10-9-. The summed E-state index contributed by atoms with van der Waals surface area (Å²) in [6.07, 6.45) is 2.12. The maximum Gasteiger partial charge on any atom is 0.328 e. The first kappa shape index (κ1) is 24.7. The van der Waals surface area contributed by atoms with Crippen molar-refractivity contribution in [2.75, 3.05) is 24.3 Å². The molecule has 0 spiro atoms. The second kappa shape index (κ2) is 9.73. The van der Waals surface area contributed by atoms with Crippen LogP contribution in [0, 0.1) is 5.41 Å². The highest BCUT2D eigenvalue weighted by Crippen LogP contribution is 2.37. The Balaban J connectivity index is 2.45. The van der Waals surface area contributed by atoms with Crippen LogP contribution in [0.1, 0.15) is 26.3 Å². The molecule has 0 radical (unpaired) electrons. The van der Waals surface area contributed by atoms with Crippen molar-refractivity contribution >= 4 is 39.4 Å². The zero-order valence-corrected chi connectivity index (χ0v) is 19.2. The van der Waals surface area contributed by atoms with Gasteiger partial charge in [0.15, 0.2) is 11.5 Å². The zero-order valence-electron chi connectivity index (χ0n) is 18.4. The number of hydrogen-bond donors (Lipinski definition) is 3. The molecule has 0 aliphatic carbocycles.